The first kappa shape index (κ1) is 12.3. The number of halogens is 3. The van der Waals surface area contributed by atoms with E-state index >= 15 is 0 Å². The van der Waals surface area contributed by atoms with Gasteiger partial charge in [-0.25, -0.2) is 0 Å². The molecular formula is C8H6F3NOS2. The average Bonchev–Trinajstić information content (AvgIpc) is 2.17. The minimum Gasteiger partial charge on any atom is -0.287 e. The highest BCUT2D eigenvalue weighted by Crippen LogP contribution is 2.29. The fourth-order valence-corrected chi connectivity index (χ4v) is 1.39. The lowest BCUT2D eigenvalue weighted by Gasteiger charge is -2.07. The summed E-state index contributed by atoms with van der Waals surface area (Å²) in [4.78, 5) is 11.2. The summed E-state index contributed by atoms with van der Waals surface area (Å²) in [6.07, 6.45) is -4.44. The van der Waals surface area contributed by atoms with Gasteiger partial charge in [0.1, 0.15) is 0 Å². The van der Waals surface area contributed by atoms with Gasteiger partial charge in [-0.1, -0.05) is 17.7 Å². The van der Waals surface area contributed by atoms with Crippen LogP contribution in [0.4, 0.5) is 13.2 Å². The fourth-order valence-electron chi connectivity index (χ4n) is 0.937. The van der Waals surface area contributed by atoms with Crippen molar-refractivity contribution in [1.82, 2.24) is 4.72 Å². The van der Waals surface area contributed by atoms with Crippen LogP contribution in [0.1, 0.15) is 15.9 Å². The molecule has 0 aliphatic rings. The molecule has 0 heterocycles. The number of hydrogen-bond acceptors (Lipinski definition) is 3. The molecular weight excluding hydrogens is 247 g/mol. The zero-order valence-electron chi connectivity index (χ0n) is 7.21. The van der Waals surface area contributed by atoms with Gasteiger partial charge < -0.3 is 0 Å². The van der Waals surface area contributed by atoms with Crippen LogP contribution in [0.5, 0.6) is 0 Å². The molecule has 0 saturated carbocycles. The first-order chi connectivity index (χ1) is 6.95. The highest BCUT2D eigenvalue weighted by molar-refractivity contribution is 8.68. The summed E-state index contributed by atoms with van der Waals surface area (Å²) in [6, 6.07) is 4.18. The van der Waals surface area contributed by atoms with Gasteiger partial charge in [-0.15, -0.1) is 0 Å². The lowest BCUT2D eigenvalue weighted by Crippen LogP contribution is -2.15. The van der Waals surface area contributed by atoms with Crippen molar-refractivity contribution in [2.75, 3.05) is 0 Å². The van der Waals surface area contributed by atoms with E-state index in [1.165, 1.54) is 12.1 Å². The molecule has 1 aromatic carbocycles. The molecule has 0 atom stereocenters. The molecule has 1 aromatic rings. The van der Waals surface area contributed by atoms with Crippen molar-refractivity contribution >= 4 is 28.5 Å². The van der Waals surface area contributed by atoms with Gasteiger partial charge in [-0.2, -0.15) is 13.2 Å². The second-order valence-electron chi connectivity index (χ2n) is 2.60. The Balaban J connectivity index is 2.98. The number of alkyl halides is 3. The zero-order chi connectivity index (χ0) is 11.5. The number of rotatable bonds is 2. The minimum atomic E-state index is -4.44. The number of carbonyl (C=O) groups is 1. The average molecular weight is 253 g/mol. The molecule has 15 heavy (non-hydrogen) atoms. The van der Waals surface area contributed by atoms with Crippen molar-refractivity contribution in [2.45, 2.75) is 6.18 Å². The monoisotopic (exact) mass is 253 g/mol. The van der Waals surface area contributed by atoms with Crippen molar-refractivity contribution in [2.24, 2.45) is 0 Å². The van der Waals surface area contributed by atoms with Crippen molar-refractivity contribution < 1.29 is 18.0 Å². The third kappa shape index (κ3) is 3.35. The molecule has 2 nitrogen and oxygen atoms in total. The van der Waals surface area contributed by atoms with E-state index in [1.54, 1.807) is 0 Å². The van der Waals surface area contributed by atoms with Crippen LogP contribution in [-0.4, -0.2) is 5.91 Å². The predicted octanol–water partition coefficient (Wildman–Crippen LogP) is 2.93. The molecule has 7 heteroatoms. The second-order valence-corrected chi connectivity index (χ2v) is 3.54. The lowest BCUT2D eigenvalue weighted by atomic mass is 10.1. The van der Waals surface area contributed by atoms with Crippen molar-refractivity contribution in [1.29, 1.82) is 0 Å². The van der Waals surface area contributed by atoms with Crippen LogP contribution in [0, 0.1) is 0 Å². The van der Waals surface area contributed by atoms with E-state index in [-0.39, 0.29) is 5.56 Å². The summed E-state index contributed by atoms with van der Waals surface area (Å²) in [6.45, 7) is 0. The topological polar surface area (TPSA) is 29.1 Å². The van der Waals surface area contributed by atoms with Crippen molar-refractivity contribution in [3.63, 3.8) is 0 Å². The van der Waals surface area contributed by atoms with Crippen LogP contribution in [0.3, 0.4) is 0 Å². The maximum Gasteiger partial charge on any atom is 0.416 e. The van der Waals surface area contributed by atoms with Crippen LogP contribution in [-0.2, 0) is 6.18 Å². The van der Waals surface area contributed by atoms with E-state index in [0.29, 0.717) is 0 Å². The summed E-state index contributed by atoms with van der Waals surface area (Å²) >= 11 is 3.66. The maximum atomic E-state index is 12.3. The highest BCUT2D eigenvalue weighted by Gasteiger charge is 2.30. The first-order valence-corrected chi connectivity index (χ1v) is 5.60. The van der Waals surface area contributed by atoms with Crippen molar-refractivity contribution in [3.8, 4) is 0 Å². The summed E-state index contributed by atoms with van der Waals surface area (Å²) in [5.74, 6) is -0.610. The van der Waals surface area contributed by atoms with Crippen LogP contribution >= 0.6 is 22.6 Å². The Hall–Kier alpha value is -0.820. The Morgan fingerprint density at radius 1 is 1.40 bits per heavy atom. The van der Waals surface area contributed by atoms with Gasteiger partial charge in [-0.3, -0.25) is 9.52 Å². The number of amides is 1. The summed E-state index contributed by atoms with van der Waals surface area (Å²) in [5, 5.41) is 0. The molecule has 82 valence electrons. The van der Waals surface area contributed by atoms with E-state index in [0.717, 1.165) is 23.1 Å². The molecule has 1 rings (SSSR count). The normalized spacial score (nSPS) is 11.2. The Labute approximate surface area is 93.2 Å². The lowest BCUT2D eigenvalue weighted by molar-refractivity contribution is -0.137. The van der Waals surface area contributed by atoms with E-state index in [9.17, 15) is 18.0 Å². The van der Waals surface area contributed by atoms with Crippen LogP contribution in [0.2, 0.25) is 0 Å². The third-order valence-corrected chi connectivity index (χ3v) is 2.14. The van der Waals surface area contributed by atoms with E-state index in [4.69, 9.17) is 0 Å². The quantitative estimate of drug-likeness (QED) is 0.482. The largest absolute Gasteiger partial charge is 0.416 e. The van der Waals surface area contributed by atoms with Gasteiger partial charge in [-0.05, 0) is 18.2 Å². The van der Waals surface area contributed by atoms with Crippen LogP contribution in [0.15, 0.2) is 24.3 Å². The van der Waals surface area contributed by atoms with Crippen molar-refractivity contribution in [3.05, 3.63) is 35.4 Å². The third-order valence-electron chi connectivity index (χ3n) is 1.59. The summed E-state index contributed by atoms with van der Waals surface area (Å²) < 4.78 is 39.0. The van der Waals surface area contributed by atoms with Gasteiger partial charge in [0.25, 0.3) is 5.91 Å². The number of benzene rings is 1. The van der Waals surface area contributed by atoms with Gasteiger partial charge in [0, 0.05) is 16.5 Å². The van der Waals surface area contributed by atoms with Crippen LogP contribution in [0.25, 0.3) is 0 Å². The Bertz CT molecular complexity index is 367. The standard InChI is InChI=1S/C8H6F3NOS2/c9-8(10,11)6-3-1-2-5(4-6)7(13)12-15-14/h1-4,14H,(H,12,13). The summed E-state index contributed by atoms with van der Waals surface area (Å²) in [5.41, 5.74) is -0.898. The Morgan fingerprint density at radius 2 is 2.07 bits per heavy atom. The number of carbonyl (C=O) groups excluding carboxylic acids is 1. The van der Waals surface area contributed by atoms with E-state index in [1.807, 2.05) is 0 Å². The maximum absolute atomic E-state index is 12.3. The zero-order valence-corrected chi connectivity index (χ0v) is 8.92. The molecule has 1 N–H and O–H groups in total. The predicted molar refractivity (Wildman–Crippen MR) is 55.5 cm³/mol. The fraction of sp³-hybridized carbons (Fsp3) is 0.125. The molecule has 1 amide bonds. The molecule has 0 aliphatic carbocycles. The molecule has 0 saturated heterocycles. The van der Waals surface area contributed by atoms with E-state index < -0.39 is 17.6 Å². The highest BCUT2D eigenvalue weighted by atomic mass is 33.1. The Morgan fingerprint density at radius 3 is 2.60 bits per heavy atom. The molecule has 0 radical (unpaired) electrons. The van der Waals surface area contributed by atoms with Gasteiger partial charge in [0.2, 0.25) is 0 Å². The minimum absolute atomic E-state index is 0.0497. The van der Waals surface area contributed by atoms with Gasteiger partial charge in [0.05, 0.1) is 5.56 Å². The molecule has 0 aliphatic heterocycles. The molecule has 0 unspecified atom stereocenters. The number of nitrogens with one attached hydrogen (secondary N) is 1. The van der Waals surface area contributed by atoms with E-state index in [2.05, 4.69) is 16.4 Å². The SMILES string of the molecule is O=C(NSS)c1cccc(C(F)(F)F)c1. The number of hydrogen-bond donors (Lipinski definition) is 2. The Kier molecular flexibility index (Phi) is 3.92. The number of thiol groups is 1. The molecule has 0 bridgehead atoms. The van der Waals surface area contributed by atoms with Crippen LogP contribution < -0.4 is 4.72 Å². The smallest absolute Gasteiger partial charge is 0.287 e. The molecule has 0 aromatic heterocycles. The first-order valence-electron chi connectivity index (χ1n) is 3.73. The second kappa shape index (κ2) is 4.80. The van der Waals surface area contributed by atoms with Gasteiger partial charge in [0.15, 0.2) is 0 Å². The van der Waals surface area contributed by atoms with Gasteiger partial charge >= 0.3 is 6.18 Å². The molecule has 0 fully saturated rings. The summed E-state index contributed by atoms with van der Waals surface area (Å²) in [7, 11) is 0.732. The molecule has 0 spiro atoms.